The van der Waals surface area contributed by atoms with Gasteiger partial charge in [-0.2, -0.15) is 0 Å². The average molecular weight is 453 g/mol. The molecule has 28 heavy (non-hydrogen) atoms. The van der Waals surface area contributed by atoms with Crippen LogP contribution in [0, 0.1) is 0 Å². The fraction of sp³-hybridized carbons (Fsp3) is 0.400. The summed E-state index contributed by atoms with van der Waals surface area (Å²) in [6.07, 6.45) is 0. The molecule has 0 saturated carbocycles. The maximum atomic E-state index is 5.29. The van der Waals surface area contributed by atoms with Crippen LogP contribution in [0.15, 0.2) is 48.5 Å². The van der Waals surface area contributed by atoms with Gasteiger partial charge in [-0.05, 0) is 55.0 Å². The summed E-state index contributed by atoms with van der Waals surface area (Å²) in [5.41, 5.74) is 2.69. The number of nitrogens with zero attached hydrogens (tertiary/aromatic N) is 2. The third-order valence-corrected chi connectivity index (χ3v) is 12.0. The monoisotopic (exact) mass is 452 g/mol. The molecular formula is C20H24N2O2S4. The Morgan fingerprint density at radius 3 is 1.46 bits per heavy atom. The van der Waals surface area contributed by atoms with E-state index >= 15 is 0 Å². The van der Waals surface area contributed by atoms with Crippen molar-refractivity contribution in [3.8, 4) is 11.5 Å². The van der Waals surface area contributed by atoms with Gasteiger partial charge in [-0.3, -0.25) is 9.80 Å². The number of hydrogen-bond acceptors (Lipinski definition) is 8. The van der Waals surface area contributed by atoms with Crippen LogP contribution in [0.5, 0.6) is 11.5 Å². The summed E-state index contributed by atoms with van der Waals surface area (Å²) in [6, 6.07) is 16.9. The molecule has 2 unspecified atom stereocenters. The molecule has 0 spiro atoms. The van der Waals surface area contributed by atoms with Crippen LogP contribution < -0.4 is 9.47 Å². The molecule has 0 radical (unpaired) electrons. The summed E-state index contributed by atoms with van der Waals surface area (Å²) in [5, 5.41) is 0.991. The molecule has 2 aromatic rings. The van der Waals surface area contributed by atoms with Gasteiger partial charge in [0.2, 0.25) is 0 Å². The Hall–Kier alpha value is -0.640. The van der Waals surface area contributed by atoms with Gasteiger partial charge in [0.05, 0.1) is 25.0 Å². The van der Waals surface area contributed by atoms with Gasteiger partial charge < -0.3 is 9.47 Å². The van der Waals surface area contributed by atoms with Crippen molar-refractivity contribution < 1.29 is 9.47 Å². The van der Waals surface area contributed by atoms with Gasteiger partial charge in [0.15, 0.2) is 0 Å². The highest BCUT2D eigenvalue weighted by atomic mass is 33.7. The van der Waals surface area contributed by atoms with E-state index in [2.05, 4.69) is 58.3 Å². The van der Waals surface area contributed by atoms with Crippen molar-refractivity contribution in [1.29, 1.82) is 0 Å². The first-order valence-corrected chi connectivity index (χ1v) is 14.1. The molecule has 8 heteroatoms. The van der Waals surface area contributed by atoms with Crippen molar-refractivity contribution in [2.75, 3.05) is 27.3 Å². The third-order valence-electron chi connectivity index (χ3n) is 5.01. The Balaban J connectivity index is 1.43. The lowest BCUT2D eigenvalue weighted by atomic mass is 10.1. The summed E-state index contributed by atoms with van der Waals surface area (Å²) < 4.78 is 10.6. The molecule has 0 N–H and O–H groups in total. The van der Waals surface area contributed by atoms with E-state index in [9.17, 15) is 0 Å². The Morgan fingerprint density at radius 2 is 1.11 bits per heavy atom. The van der Waals surface area contributed by atoms with Gasteiger partial charge >= 0.3 is 0 Å². The maximum Gasteiger partial charge on any atom is 0.118 e. The van der Waals surface area contributed by atoms with E-state index in [0.29, 0.717) is 10.7 Å². The second kappa shape index (κ2) is 9.91. The van der Waals surface area contributed by atoms with Crippen molar-refractivity contribution in [2.24, 2.45) is 0 Å². The zero-order chi connectivity index (χ0) is 19.3. The summed E-state index contributed by atoms with van der Waals surface area (Å²) in [7, 11) is 11.2. The third kappa shape index (κ3) is 5.09. The second-order valence-electron chi connectivity index (χ2n) is 6.79. The standard InChI is InChI=1S/C20H24N2O2S4/c1-23-17-7-3-15(4-8-17)11-21-13-20-22(14-19(21)25-27-28-26-20)12-16-5-9-18(24-2)10-6-16/h3-10,19-20H,11-14H2,1-2H3. The SMILES string of the molecule is COc1ccc(CN2CC3SSSSC2CN3Cc2ccc(OC)cc2)cc1. The van der Waals surface area contributed by atoms with Crippen LogP contribution in [0.4, 0.5) is 0 Å². The molecule has 0 aliphatic carbocycles. The quantitative estimate of drug-likeness (QED) is 0.540. The van der Waals surface area contributed by atoms with Crippen molar-refractivity contribution in [1.82, 2.24) is 9.80 Å². The summed E-state index contributed by atoms with van der Waals surface area (Å²) in [6.45, 7) is 4.14. The minimum Gasteiger partial charge on any atom is -0.497 e. The number of piperazine rings is 1. The lowest BCUT2D eigenvalue weighted by molar-refractivity contribution is 0.0912. The van der Waals surface area contributed by atoms with Crippen LogP contribution in [-0.4, -0.2) is 47.9 Å². The number of fused-ring (bicyclic) bond motifs is 5. The van der Waals surface area contributed by atoms with E-state index in [4.69, 9.17) is 9.47 Å². The number of benzene rings is 2. The predicted molar refractivity (Wildman–Crippen MR) is 125 cm³/mol. The highest BCUT2D eigenvalue weighted by molar-refractivity contribution is 9.26. The Bertz CT molecular complexity index is 694. The molecule has 4 nitrogen and oxygen atoms in total. The molecule has 3 heterocycles. The summed E-state index contributed by atoms with van der Waals surface area (Å²) in [5.74, 6) is 1.83. The summed E-state index contributed by atoms with van der Waals surface area (Å²) >= 11 is 0. The van der Waals surface area contributed by atoms with E-state index in [1.54, 1.807) is 14.2 Å². The molecule has 3 aliphatic rings. The first-order valence-electron chi connectivity index (χ1n) is 9.14. The molecule has 3 fully saturated rings. The number of methoxy groups -OCH3 is 2. The van der Waals surface area contributed by atoms with E-state index in [1.807, 2.05) is 41.2 Å². The van der Waals surface area contributed by atoms with Gasteiger partial charge in [0.25, 0.3) is 0 Å². The number of rotatable bonds is 6. The molecule has 0 amide bonds. The van der Waals surface area contributed by atoms with Crippen LogP contribution in [0.3, 0.4) is 0 Å². The van der Waals surface area contributed by atoms with Crippen LogP contribution in [0.1, 0.15) is 11.1 Å². The van der Waals surface area contributed by atoms with Crippen LogP contribution in [0.2, 0.25) is 0 Å². The average Bonchev–Trinajstić information content (AvgIpc) is 2.72. The van der Waals surface area contributed by atoms with Crippen molar-refractivity contribution in [3.05, 3.63) is 59.7 Å². The highest BCUT2D eigenvalue weighted by Crippen LogP contribution is 2.52. The molecule has 0 aromatic heterocycles. The van der Waals surface area contributed by atoms with E-state index < -0.39 is 0 Å². The molecule has 2 aromatic carbocycles. The molecule has 3 saturated heterocycles. The minimum absolute atomic E-state index is 0.495. The second-order valence-corrected chi connectivity index (χ2v) is 13.0. The van der Waals surface area contributed by atoms with Crippen molar-refractivity contribution >= 4 is 41.2 Å². The fourth-order valence-corrected chi connectivity index (χ4v) is 10.5. The van der Waals surface area contributed by atoms with Crippen molar-refractivity contribution in [2.45, 2.75) is 23.8 Å². The lowest BCUT2D eigenvalue weighted by Crippen LogP contribution is -2.55. The predicted octanol–water partition coefficient (Wildman–Crippen LogP) is 5.37. The van der Waals surface area contributed by atoms with E-state index in [0.717, 1.165) is 37.7 Å². The first kappa shape index (κ1) is 20.6. The van der Waals surface area contributed by atoms with Gasteiger partial charge in [0, 0.05) is 26.2 Å². The van der Waals surface area contributed by atoms with Gasteiger partial charge in [0.1, 0.15) is 11.5 Å². The van der Waals surface area contributed by atoms with E-state index in [1.165, 1.54) is 11.1 Å². The zero-order valence-electron chi connectivity index (χ0n) is 15.9. The van der Waals surface area contributed by atoms with Gasteiger partial charge in [-0.1, -0.05) is 45.9 Å². The smallest absolute Gasteiger partial charge is 0.118 e. The number of hydrogen-bond donors (Lipinski definition) is 0. The van der Waals surface area contributed by atoms with E-state index in [-0.39, 0.29) is 0 Å². The molecule has 5 rings (SSSR count). The van der Waals surface area contributed by atoms with Crippen LogP contribution in [0.25, 0.3) is 0 Å². The molecule has 2 atom stereocenters. The first-order chi connectivity index (χ1) is 13.7. The minimum atomic E-state index is 0.495. The fourth-order valence-electron chi connectivity index (χ4n) is 3.44. The Labute approximate surface area is 182 Å². The number of ether oxygens (including phenoxy) is 2. The lowest BCUT2D eigenvalue weighted by Gasteiger charge is -2.46. The van der Waals surface area contributed by atoms with Gasteiger partial charge in [-0.25, -0.2) is 0 Å². The van der Waals surface area contributed by atoms with Crippen molar-refractivity contribution in [3.63, 3.8) is 0 Å². The maximum absolute atomic E-state index is 5.29. The van der Waals surface area contributed by atoms with Gasteiger partial charge in [-0.15, -0.1) is 0 Å². The highest BCUT2D eigenvalue weighted by Gasteiger charge is 2.37. The largest absolute Gasteiger partial charge is 0.497 e. The molecule has 2 bridgehead atoms. The van der Waals surface area contributed by atoms with Crippen LogP contribution in [-0.2, 0) is 13.1 Å². The molecule has 3 aliphatic heterocycles. The topological polar surface area (TPSA) is 24.9 Å². The molecule has 150 valence electrons. The zero-order valence-corrected chi connectivity index (χ0v) is 19.2. The normalized spacial score (nSPS) is 23.2. The Morgan fingerprint density at radius 1 is 0.714 bits per heavy atom. The Kier molecular flexibility index (Phi) is 7.30. The van der Waals surface area contributed by atoms with Crippen LogP contribution >= 0.6 is 41.2 Å². The summed E-state index contributed by atoms with van der Waals surface area (Å²) in [4.78, 5) is 5.25. The molecular weight excluding hydrogens is 429 g/mol.